The Morgan fingerprint density at radius 2 is 1.68 bits per heavy atom. The van der Waals surface area contributed by atoms with Gasteiger partial charge in [0.1, 0.15) is 23.3 Å². The number of pyridine rings is 1. The van der Waals surface area contributed by atoms with Gasteiger partial charge in [-0.2, -0.15) is 4.57 Å². The third-order valence-corrected chi connectivity index (χ3v) is 5.43. The van der Waals surface area contributed by atoms with Crippen molar-refractivity contribution in [3.63, 3.8) is 0 Å². The third-order valence-electron chi connectivity index (χ3n) is 5.43. The molecule has 1 aliphatic heterocycles. The van der Waals surface area contributed by atoms with Crippen LogP contribution in [0, 0.1) is 0 Å². The number of carbonyl (C=O) groups excluding carboxylic acids is 1. The number of fused-ring (bicyclic) bond motifs is 1. The zero-order valence-electron chi connectivity index (χ0n) is 16.8. The number of aromatic nitrogens is 3. The Morgan fingerprint density at radius 1 is 0.935 bits per heavy atom. The van der Waals surface area contributed by atoms with Crippen molar-refractivity contribution in [1.29, 1.82) is 0 Å². The molecule has 0 spiro atoms. The summed E-state index contributed by atoms with van der Waals surface area (Å²) in [6.07, 6.45) is 6.38. The second kappa shape index (κ2) is 7.99. The molecular formula is C25H21N4O2+. The number of aromatic hydroxyl groups is 1. The van der Waals surface area contributed by atoms with Gasteiger partial charge in [0, 0.05) is 30.8 Å². The van der Waals surface area contributed by atoms with Crippen LogP contribution >= 0.6 is 0 Å². The SMILES string of the molecule is O=C1C(Cc2ccc(O)cc2)Nc2c(Cc3ccccc3)nc(-c3ccncc3)c[n+]21. The van der Waals surface area contributed by atoms with E-state index in [9.17, 15) is 9.90 Å². The Labute approximate surface area is 179 Å². The summed E-state index contributed by atoms with van der Waals surface area (Å²) in [4.78, 5) is 22.3. The number of hydrogen-bond donors (Lipinski definition) is 2. The molecule has 4 aromatic rings. The molecule has 0 fully saturated rings. The van der Waals surface area contributed by atoms with Gasteiger partial charge in [0.25, 0.3) is 0 Å². The summed E-state index contributed by atoms with van der Waals surface area (Å²) in [5, 5.41) is 12.9. The van der Waals surface area contributed by atoms with Crippen molar-refractivity contribution in [2.75, 3.05) is 5.32 Å². The fourth-order valence-corrected chi connectivity index (χ4v) is 3.85. The lowest BCUT2D eigenvalue weighted by Gasteiger charge is -2.07. The van der Waals surface area contributed by atoms with E-state index < -0.39 is 6.04 Å². The number of rotatable bonds is 5. The minimum atomic E-state index is -0.395. The van der Waals surface area contributed by atoms with Crippen LogP contribution in [0.2, 0.25) is 0 Å². The molecule has 1 aliphatic rings. The molecule has 2 aromatic heterocycles. The molecule has 0 radical (unpaired) electrons. The van der Waals surface area contributed by atoms with Crippen molar-refractivity contribution in [3.8, 4) is 17.0 Å². The van der Waals surface area contributed by atoms with Crippen LogP contribution in [-0.2, 0) is 12.8 Å². The van der Waals surface area contributed by atoms with Crippen molar-refractivity contribution in [1.82, 2.24) is 9.97 Å². The van der Waals surface area contributed by atoms with Gasteiger partial charge < -0.3 is 5.11 Å². The molecule has 1 atom stereocenters. The quantitative estimate of drug-likeness (QED) is 0.494. The molecule has 2 N–H and O–H groups in total. The molecule has 6 heteroatoms. The van der Waals surface area contributed by atoms with Gasteiger partial charge in [0.05, 0.1) is 0 Å². The Balaban J connectivity index is 1.53. The summed E-state index contributed by atoms with van der Waals surface area (Å²) in [6.45, 7) is 0. The lowest BCUT2D eigenvalue weighted by Crippen LogP contribution is -2.44. The van der Waals surface area contributed by atoms with Gasteiger partial charge in [-0.1, -0.05) is 42.5 Å². The standard InChI is InChI=1S/C25H20N4O2/c30-20-8-6-18(7-9-20)15-22-25(31)29-16-23(19-10-12-26-13-11-19)27-21(24(29)28-22)14-17-4-2-1-3-5-17/h1-13,16,22,30H,14-15H2/p+1. The minimum Gasteiger partial charge on any atom is -0.508 e. The normalized spacial score (nSPS) is 14.8. The molecule has 31 heavy (non-hydrogen) atoms. The lowest BCUT2D eigenvalue weighted by molar-refractivity contribution is -0.552. The summed E-state index contributed by atoms with van der Waals surface area (Å²) in [7, 11) is 0. The van der Waals surface area contributed by atoms with Crippen molar-refractivity contribution in [2.45, 2.75) is 18.9 Å². The number of carbonyl (C=O) groups is 1. The van der Waals surface area contributed by atoms with Gasteiger partial charge >= 0.3 is 11.7 Å². The number of phenolic OH excluding ortho intramolecular Hbond substituents is 1. The number of nitrogens with one attached hydrogen (secondary N) is 1. The van der Waals surface area contributed by atoms with E-state index in [1.54, 1.807) is 35.3 Å². The summed E-state index contributed by atoms with van der Waals surface area (Å²) >= 11 is 0. The highest BCUT2D eigenvalue weighted by Gasteiger charge is 2.41. The topological polar surface area (TPSA) is 79.0 Å². The van der Waals surface area contributed by atoms with E-state index >= 15 is 0 Å². The van der Waals surface area contributed by atoms with E-state index in [1.165, 1.54) is 0 Å². The fraction of sp³-hybridized carbons (Fsp3) is 0.120. The van der Waals surface area contributed by atoms with Crippen LogP contribution in [0.15, 0.2) is 85.3 Å². The van der Waals surface area contributed by atoms with Crippen LogP contribution in [0.4, 0.5) is 5.82 Å². The summed E-state index contributed by atoms with van der Waals surface area (Å²) in [5.74, 6) is 0.925. The third kappa shape index (κ3) is 3.88. The van der Waals surface area contributed by atoms with E-state index in [-0.39, 0.29) is 11.7 Å². The number of nitrogens with zero attached hydrogens (tertiary/aromatic N) is 3. The van der Waals surface area contributed by atoms with Crippen molar-refractivity contribution in [2.24, 2.45) is 0 Å². The first kappa shape index (κ1) is 18.9. The maximum Gasteiger partial charge on any atom is 0.359 e. The number of anilines is 1. The second-order valence-electron chi connectivity index (χ2n) is 7.60. The molecule has 5 rings (SSSR count). The minimum absolute atomic E-state index is 0.0184. The summed E-state index contributed by atoms with van der Waals surface area (Å²) in [5.41, 5.74) is 4.57. The van der Waals surface area contributed by atoms with Crippen LogP contribution in [0.25, 0.3) is 11.3 Å². The first-order valence-corrected chi connectivity index (χ1v) is 10.2. The molecule has 0 aliphatic carbocycles. The van der Waals surface area contributed by atoms with Crippen molar-refractivity contribution in [3.05, 3.63) is 102 Å². The number of phenols is 1. The van der Waals surface area contributed by atoms with E-state index in [1.807, 2.05) is 42.5 Å². The Morgan fingerprint density at radius 3 is 2.42 bits per heavy atom. The molecule has 0 amide bonds. The van der Waals surface area contributed by atoms with Crippen LogP contribution in [0.5, 0.6) is 5.75 Å². The monoisotopic (exact) mass is 409 g/mol. The van der Waals surface area contributed by atoms with Crippen molar-refractivity contribution >= 4 is 11.7 Å². The Bertz CT molecular complexity index is 1230. The van der Waals surface area contributed by atoms with Gasteiger partial charge in [0.15, 0.2) is 6.04 Å². The Hall–Kier alpha value is -4.06. The van der Waals surface area contributed by atoms with E-state index in [2.05, 4.69) is 22.4 Å². The van der Waals surface area contributed by atoms with E-state index in [0.717, 1.165) is 33.9 Å². The fourth-order valence-electron chi connectivity index (χ4n) is 3.85. The maximum absolute atomic E-state index is 13.3. The highest BCUT2D eigenvalue weighted by atomic mass is 16.3. The van der Waals surface area contributed by atoms with Gasteiger partial charge in [-0.3, -0.25) is 10.3 Å². The van der Waals surface area contributed by atoms with Crippen LogP contribution in [0.3, 0.4) is 0 Å². The lowest BCUT2D eigenvalue weighted by atomic mass is 10.1. The number of hydrogen-bond acceptors (Lipinski definition) is 5. The molecule has 1 unspecified atom stereocenters. The molecule has 0 saturated carbocycles. The molecule has 3 heterocycles. The molecule has 6 nitrogen and oxygen atoms in total. The molecule has 0 saturated heterocycles. The summed E-state index contributed by atoms with van der Waals surface area (Å²) in [6, 6.07) is 20.4. The highest BCUT2D eigenvalue weighted by Crippen LogP contribution is 2.25. The van der Waals surface area contributed by atoms with E-state index in [0.29, 0.717) is 12.8 Å². The highest BCUT2D eigenvalue weighted by molar-refractivity contribution is 5.82. The molecule has 0 bridgehead atoms. The second-order valence-corrected chi connectivity index (χ2v) is 7.60. The molecule has 2 aromatic carbocycles. The van der Waals surface area contributed by atoms with Crippen LogP contribution in [0.1, 0.15) is 21.6 Å². The largest absolute Gasteiger partial charge is 0.508 e. The Kier molecular flexibility index (Phi) is 4.88. The average molecular weight is 409 g/mol. The summed E-state index contributed by atoms with van der Waals surface area (Å²) < 4.78 is 1.69. The smallest absolute Gasteiger partial charge is 0.359 e. The van der Waals surface area contributed by atoms with Crippen LogP contribution < -0.4 is 9.88 Å². The predicted molar refractivity (Wildman–Crippen MR) is 117 cm³/mol. The molecule has 152 valence electrons. The van der Waals surface area contributed by atoms with E-state index in [4.69, 9.17) is 4.98 Å². The van der Waals surface area contributed by atoms with Gasteiger partial charge in [-0.25, -0.2) is 9.78 Å². The number of benzene rings is 2. The van der Waals surface area contributed by atoms with Crippen LogP contribution in [-0.4, -0.2) is 27.0 Å². The zero-order chi connectivity index (χ0) is 21.2. The van der Waals surface area contributed by atoms with Gasteiger partial charge in [-0.15, -0.1) is 0 Å². The van der Waals surface area contributed by atoms with Gasteiger partial charge in [0.2, 0.25) is 0 Å². The maximum atomic E-state index is 13.3. The van der Waals surface area contributed by atoms with Gasteiger partial charge in [-0.05, 0) is 35.4 Å². The van der Waals surface area contributed by atoms with Crippen molar-refractivity contribution < 1.29 is 14.5 Å². The zero-order valence-corrected chi connectivity index (χ0v) is 16.8. The predicted octanol–water partition coefficient (Wildman–Crippen LogP) is 3.40. The first-order chi connectivity index (χ1) is 15.2. The first-order valence-electron chi connectivity index (χ1n) is 10.2. The molecular weight excluding hydrogens is 388 g/mol. The average Bonchev–Trinajstić information content (AvgIpc) is 3.12.